The van der Waals surface area contributed by atoms with Gasteiger partial charge in [-0.2, -0.15) is 0 Å². The molecule has 1 heterocycles. The minimum atomic E-state index is -0.122. The van der Waals surface area contributed by atoms with E-state index >= 15 is 0 Å². The van der Waals surface area contributed by atoms with E-state index in [2.05, 4.69) is 5.32 Å². The molecule has 0 radical (unpaired) electrons. The standard InChI is InChI=1S/C24H27NO4/c1-6-25-22(26)12-15(3)19-13-20-21(14-29-24(20)16(4)23(19)27-5)17-8-10-18(11-9-17)28-7-2/h8-14H,6-7H2,1-5H3,(H,25,26)/b15-12+. The predicted molar refractivity (Wildman–Crippen MR) is 116 cm³/mol. The normalized spacial score (nSPS) is 11.6. The molecule has 1 N–H and O–H groups in total. The smallest absolute Gasteiger partial charge is 0.244 e. The lowest BCUT2D eigenvalue weighted by Gasteiger charge is -2.13. The molecule has 0 saturated heterocycles. The molecule has 0 spiro atoms. The zero-order chi connectivity index (χ0) is 21.0. The Labute approximate surface area is 171 Å². The number of furan rings is 1. The summed E-state index contributed by atoms with van der Waals surface area (Å²) < 4.78 is 17.1. The molecule has 5 nitrogen and oxygen atoms in total. The van der Waals surface area contributed by atoms with Crippen LogP contribution in [-0.4, -0.2) is 26.2 Å². The third-order valence-corrected chi connectivity index (χ3v) is 4.85. The zero-order valence-electron chi connectivity index (χ0n) is 17.6. The van der Waals surface area contributed by atoms with Gasteiger partial charge in [0.25, 0.3) is 0 Å². The summed E-state index contributed by atoms with van der Waals surface area (Å²) in [5, 5.41) is 3.77. The lowest BCUT2D eigenvalue weighted by Crippen LogP contribution is -2.20. The van der Waals surface area contributed by atoms with Crippen LogP contribution in [0.4, 0.5) is 0 Å². The van der Waals surface area contributed by atoms with Gasteiger partial charge in [-0.25, -0.2) is 0 Å². The second kappa shape index (κ2) is 8.86. The van der Waals surface area contributed by atoms with Crippen molar-refractivity contribution in [2.45, 2.75) is 27.7 Å². The van der Waals surface area contributed by atoms with Gasteiger partial charge in [0.05, 0.1) is 20.0 Å². The van der Waals surface area contributed by atoms with Crippen LogP contribution in [0.1, 0.15) is 31.9 Å². The Morgan fingerprint density at radius 2 is 1.93 bits per heavy atom. The summed E-state index contributed by atoms with van der Waals surface area (Å²) in [6.07, 6.45) is 3.36. The van der Waals surface area contributed by atoms with E-state index in [0.717, 1.165) is 44.5 Å². The lowest BCUT2D eigenvalue weighted by atomic mass is 9.96. The van der Waals surface area contributed by atoms with Gasteiger partial charge in [-0.1, -0.05) is 12.1 Å². The van der Waals surface area contributed by atoms with Gasteiger partial charge in [0.2, 0.25) is 5.91 Å². The number of nitrogens with one attached hydrogen (secondary N) is 1. The van der Waals surface area contributed by atoms with Crippen LogP contribution in [0.3, 0.4) is 0 Å². The number of allylic oxidation sites excluding steroid dienone is 1. The van der Waals surface area contributed by atoms with E-state index in [1.807, 2.05) is 58.0 Å². The molecule has 152 valence electrons. The molecule has 3 rings (SSSR count). The third-order valence-electron chi connectivity index (χ3n) is 4.85. The van der Waals surface area contributed by atoms with Crippen LogP contribution in [0.5, 0.6) is 11.5 Å². The number of rotatable bonds is 7. The van der Waals surface area contributed by atoms with Crippen molar-refractivity contribution in [2.75, 3.05) is 20.3 Å². The number of hydrogen-bond donors (Lipinski definition) is 1. The summed E-state index contributed by atoms with van der Waals surface area (Å²) in [7, 11) is 1.63. The van der Waals surface area contributed by atoms with Gasteiger partial charge in [0.1, 0.15) is 17.1 Å². The van der Waals surface area contributed by atoms with E-state index in [0.29, 0.717) is 18.9 Å². The van der Waals surface area contributed by atoms with Crippen LogP contribution in [0.2, 0.25) is 0 Å². The van der Waals surface area contributed by atoms with E-state index in [9.17, 15) is 4.79 Å². The van der Waals surface area contributed by atoms with Crippen molar-refractivity contribution >= 4 is 22.4 Å². The fraction of sp³-hybridized carbons (Fsp3) is 0.292. The van der Waals surface area contributed by atoms with Gasteiger partial charge in [-0.15, -0.1) is 0 Å². The minimum absolute atomic E-state index is 0.122. The molecule has 0 atom stereocenters. The quantitative estimate of drug-likeness (QED) is 0.549. The second-order valence-corrected chi connectivity index (χ2v) is 6.79. The SMILES string of the molecule is CCNC(=O)/C=C(\C)c1cc2c(-c3ccc(OCC)cc3)coc2c(C)c1OC. The van der Waals surface area contributed by atoms with Crippen LogP contribution < -0.4 is 14.8 Å². The second-order valence-electron chi connectivity index (χ2n) is 6.79. The molecule has 0 bridgehead atoms. The first-order chi connectivity index (χ1) is 14.0. The van der Waals surface area contributed by atoms with E-state index in [1.165, 1.54) is 0 Å². The number of carbonyl (C=O) groups is 1. The molecule has 0 fully saturated rings. The molecule has 1 amide bonds. The van der Waals surface area contributed by atoms with Crippen LogP contribution in [0, 0.1) is 6.92 Å². The van der Waals surface area contributed by atoms with Crippen molar-refractivity contribution in [1.29, 1.82) is 0 Å². The maximum atomic E-state index is 12.0. The summed E-state index contributed by atoms with van der Waals surface area (Å²) in [5.41, 5.74) is 5.41. The van der Waals surface area contributed by atoms with Crippen molar-refractivity contribution in [3.8, 4) is 22.6 Å². The largest absolute Gasteiger partial charge is 0.496 e. The highest BCUT2D eigenvalue weighted by molar-refractivity contribution is 6.01. The number of benzene rings is 2. The topological polar surface area (TPSA) is 60.7 Å². The molecular formula is C24H27NO4. The maximum absolute atomic E-state index is 12.0. The highest BCUT2D eigenvalue weighted by Crippen LogP contribution is 2.40. The van der Waals surface area contributed by atoms with E-state index in [1.54, 1.807) is 19.4 Å². The molecular weight excluding hydrogens is 366 g/mol. The van der Waals surface area contributed by atoms with E-state index < -0.39 is 0 Å². The molecule has 1 aromatic heterocycles. The number of aryl methyl sites for hydroxylation is 1. The number of ether oxygens (including phenoxy) is 2. The molecule has 0 unspecified atom stereocenters. The van der Waals surface area contributed by atoms with Gasteiger partial charge >= 0.3 is 0 Å². The maximum Gasteiger partial charge on any atom is 0.244 e. The summed E-state index contributed by atoms with van der Waals surface area (Å²) in [6, 6.07) is 9.98. The number of likely N-dealkylation sites (N-methyl/N-ethyl adjacent to an activating group) is 1. The molecule has 0 aliphatic rings. The van der Waals surface area contributed by atoms with Gasteiger partial charge in [-0.3, -0.25) is 4.79 Å². The van der Waals surface area contributed by atoms with Crippen molar-refractivity contribution in [1.82, 2.24) is 5.32 Å². The summed E-state index contributed by atoms with van der Waals surface area (Å²) in [5.74, 6) is 1.43. The first-order valence-corrected chi connectivity index (χ1v) is 9.78. The number of amides is 1. The van der Waals surface area contributed by atoms with Crippen molar-refractivity contribution < 1.29 is 18.7 Å². The Kier molecular flexibility index (Phi) is 6.27. The highest BCUT2D eigenvalue weighted by atomic mass is 16.5. The Morgan fingerprint density at radius 1 is 1.21 bits per heavy atom. The van der Waals surface area contributed by atoms with Crippen LogP contribution in [0.15, 0.2) is 47.1 Å². The van der Waals surface area contributed by atoms with Crippen LogP contribution >= 0.6 is 0 Å². The van der Waals surface area contributed by atoms with E-state index in [4.69, 9.17) is 13.9 Å². The Bertz CT molecular complexity index is 1040. The Hall–Kier alpha value is -3.21. The molecule has 2 aromatic carbocycles. The Morgan fingerprint density at radius 3 is 2.55 bits per heavy atom. The number of fused-ring (bicyclic) bond motifs is 1. The van der Waals surface area contributed by atoms with Gasteiger partial charge < -0.3 is 19.2 Å². The fourth-order valence-electron chi connectivity index (χ4n) is 3.49. The zero-order valence-corrected chi connectivity index (χ0v) is 17.6. The molecule has 3 aromatic rings. The van der Waals surface area contributed by atoms with Gasteiger partial charge in [-0.05, 0) is 57.0 Å². The summed E-state index contributed by atoms with van der Waals surface area (Å²) >= 11 is 0. The molecule has 29 heavy (non-hydrogen) atoms. The average molecular weight is 393 g/mol. The average Bonchev–Trinajstić information content (AvgIpc) is 3.13. The van der Waals surface area contributed by atoms with Crippen molar-refractivity contribution in [2.24, 2.45) is 0 Å². The van der Waals surface area contributed by atoms with Gasteiger partial charge in [0, 0.05) is 34.7 Å². The number of carbonyl (C=O) groups excluding carboxylic acids is 1. The molecule has 0 aliphatic carbocycles. The minimum Gasteiger partial charge on any atom is -0.496 e. The highest BCUT2D eigenvalue weighted by Gasteiger charge is 2.18. The monoisotopic (exact) mass is 393 g/mol. The first kappa shape index (κ1) is 20.5. The Balaban J connectivity index is 2.13. The molecule has 0 aliphatic heterocycles. The summed E-state index contributed by atoms with van der Waals surface area (Å²) in [6.45, 7) is 8.96. The third kappa shape index (κ3) is 4.14. The van der Waals surface area contributed by atoms with Crippen LogP contribution in [-0.2, 0) is 4.79 Å². The van der Waals surface area contributed by atoms with Crippen molar-refractivity contribution in [3.63, 3.8) is 0 Å². The first-order valence-electron chi connectivity index (χ1n) is 9.78. The lowest BCUT2D eigenvalue weighted by molar-refractivity contribution is -0.116. The van der Waals surface area contributed by atoms with E-state index in [-0.39, 0.29) is 5.91 Å². The van der Waals surface area contributed by atoms with Crippen LogP contribution in [0.25, 0.3) is 27.7 Å². The fourth-order valence-corrected chi connectivity index (χ4v) is 3.49. The molecule has 5 heteroatoms. The predicted octanol–water partition coefficient (Wildman–Crippen LogP) is 5.35. The van der Waals surface area contributed by atoms with Crippen molar-refractivity contribution in [3.05, 3.63) is 53.8 Å². The summed E-state index contributed by atoms with van der Waals surface area (Å²) in [4.78, 5) is 12.0. The molecule has 0 saturated carbocycles. The number of methoxy groups -OCH3 is 1. The number of hydrogen-bond acceptors (Lipinski definition) is 4. The van der Waals surface area contributed by atoms with Gasteiger partial charge in [0.15, 0.2) is 0 Å².